The van der Waals surface area contributed by atoms with Crippen LogP contribution in [0.1, 0.15) is 489 Å². The zero-order chi connectivity index (χ0) is 64.9. The van der Waals surface area contributed by atoms with Gasteiger partial charge in [-0.1, -0.05) is 456 Å². The van der Waals surface area contributed by atoms with Crippen molar-refractivity contribution in [2.24, 2.45) is 0 Å². The van der Waals surface area contributed by atoms with Crippen molar-refractivity contribution in [3.63, 3.8) is 0 Å². The van der Waals surface area contributed by atoms with E-state index in [1.165, 1.54) is 424 Å². The van der Waals surface area contributed by atoms with Crippen LogP contribution in [0.25, 0.3) is 0 Å². The lowest BCUT2D eigenvalue weighted by Crippen LogP contribution is -2.45. The summed E-state index contributed by atoms with van der Waals surface area (Å²) in [7, 11) is 0. The van der Waals surface area contributed by atoms with Crippen LogP contribution in [0.4, 0.5) is 0 Å². The zero-order valence-electron chi connectivity index (χ0n) is 61.7. The molecule has 0 aromatic rings. The summed E-state index contributed by atoms with van der Waals surface area (Å²) in [4.78, 5) is 24.6. The highest BCUT2D eigenvalue weighted by atomic mass is 16.5. The van der Waals surface area contributed by atoms with Crippen molar-refractivity contribution in [1.29, 1.82) is 0 Å². The van der Waals surface area contributed by atoms with E-state index >= 15 is 0 Å². The van der Waals surface area contributed by atoms with Crippen LogP contribution in [-0.2, 0) is 14.3 Å². The van der Waals surface area contributed by atoms with E-state index in [0.717, 1.165) is 38.5 Å². The number of ether oxygens (including phenoxy) is 1. The number of unbranched alkanes of at least 4 members (excludes halogenated alkanes) is 69. The summed E-state index contributed by atoms with van der Waals surface area (Å²) in [6.45, 7) is 4.97. The summed E-state index contributed by atoms with van der Waals surface area (Å²) in [6.07, 6.45) is 102. The van der Waals surface area contributed by atoms with Gasteiger partial charge in [-0.25, -0.2) is 0 Å². The van der Waals surface area contributed by atoms with Gasteiger partial charge in [-0.2, -0.15) is 0 Å². The SMILES string of the molecule is CCCCCCCCCCCCCCCCCCCCCCCC/C=C/C(O)C(CO)NC(=O)CCCCCCCCCCCCCCCCCCCCCCCCCCCCCCCCCCCCCCCOC(=O)CCCCCCCCCCCCCC. The molecule has 3 N–H and O–H groups in total. The fourth-order valence-corrected chi connectivity index (χ4v) is 13.7. The maximum Gasteiger partial charge on any atom is 0.305 e. The topological polar surface area (TPSA) is 95.9 Å². The van der Waals surface area contributed by atoms with Crippen molar-refractivity contribution < 1.29 is 24.5 Å². The van der Waals surface area contributed by atoms with Crippen LogP contribution in [0.2, 0.25) is 0 Å². The van der Waals surface area contributed by atoms with Crippen LogP contribution in [0.15, 0.2) is 12.2 Å². The summed E-state index contributed by atoms with van der Waals surface area (Å²) >= 11 is 0. The van der Waals surface area contributed by atoms with Crippen LogP contribution >= 0.6 is 0 Å². The van der Waals surface area contributed by atoms with E-state index in [2.05, 4.69) is 19.2 Å². The fourth-order valence-electron chi connectivity index (χ4n) is 13.7. The normalized spacial score (nSPS) is 12.4. The van der Waals surface area contributed by atoms with Crippen LogP contribution in [0.5, 0.6) is 0 Å². The number of aliphatic hydroxyl groups is 2. The molecule has 0 fully saturated rings. The number of carbonyl (C=O) groups excluding carboxylic acids is 2. The van der Waals surface area contributed by atoms with Gasteiger partial charge in [0.25, 0.3) is 0 Å². The molecule has 0 spiro atoms. The molecule has 536 valence electrons. The van der Waals surface area contributed by atoms with Crippen molar-refractivity contribution in [1.82, 2.24) is 5.32 Å². The van der Waals surface area contributed by atoms with Crippen molar-refractivity contribution in [3.8, 4) is 0 Å². The Labute approximate surface area is 565 Å². The summed E-state index contributed by atoms with van der Waals surface area (Å²) in [5.74, 6) is -0.0311. The second kappa shape index (κ2) is 80.0. The third-order valence-corrected chi connectivity index (χ3v) is 20.1. The standard InChI is InChI=1S/C84H165NO5/c1-3-5-7-9-11-13-15-17-18-19-20-21-22-38-41-44-47-50-53-56-60-64-68-72-76-82(87)81(80-86)85-83(88)77-73-69-65-61-57-54-51-48-45-42-39-36-34-32-30-28-26-24-23-25-27-29-31-33-35-37-40-43-46-49-52-55-59-63-67-71-75-79-90-84(89)78-74-70-66-62-58-16-14-12-10-8-6-4-2/h72,76,81-82,86-87H,3-71,73-75,77-80H2,1-2H3,(H,85,88)/b76-72+. The van der Waals surface area contributed by atoms with Crippen LogP contribution in [0, 0.1) is 0 Å². The van der Waals surface area contributed by atoms with Gasteiger partial charge < -0.3 is 20.3 Å². The first-order chi connectivity index (χ1) is 44.5. The molecule has 90 heavy (non-hydrogen) atoms. The largest absolute Gasteiger partial charge is 0.466 e. The Balaban J connectivity index is 3.33. The van der Waals surface area contributed by atoms with Crippen molar-refractivity contribution in [2.75, 3.05) is 13.2 Å². The van der Waals surface area contributed by atoms with E-state index in [9.17, 15) is 19.8 Å². The Morgan fingerprint density at radius 3 is 0.756 bits per heavy atom. The molecule has 0 radical (unpaired) electrons. The molecule has 2 atom stereocenters. The number of rotatable bonds is 80. The lowest BCUT2D eigenvalue weighted by atomic mass is 10.0. The summed E-state index contributed by atoms with van der Waals surface area (Å²) in [5.41, 5.74) is 0. The molecular weight excluding hydrogens is 1100 g/mol. The minimum atomic E-state index is -0.841. The maximum absolute atomic E-state index is 12.6. The number of hydrogen-bond acceptors (Lipinski definition) is 5. The lowest BCUT2D eigenvalue weighted by molar-refractivity contribution is -0.143. The van der Waals surface area contributed by atoms with Gasteiger partial charge in [-0.3, -0.25) is 9.59 Å². The molecule has 0 aliphatic carbocycles. The number of esters is 1. The van der Waals surface area contributed by atoms with Gasteiger partial charge in [0.15, 0.2) is 0 Å². The van der Waals surface area contributed by atoms with E-state index in [-0.39, 0.29) is 18.5 Å². The molecule has 2 unspecified atom stereocenters. The third kappa shape index (κ3) is 75.6. The monoisotopic (exact) mass is 1270 g/mol. The van der Waals surface area contributed by atoms with E-state index < -0.39 is 12.1 Å². The van der Waals surface area contributed by atoms with Gasteiger partial charge in [0, 0.05) is 12.8 Å². The minimum absolute atomic E-state index is 0.0251. The van der Waals surface area contributed by atoms with Crippen molar-refractivity contribution in [3.05, 3.63) is 12.2 Å². The van der Waals surface area contributed by atoms with Gasteiger partial charge >= 0.3 is 5.97 Å². The highest BCUT2D eigenvalue weighted by molar-refractivity contribution is 5.76. The van der Waals surface area contributed by atoms with E-state index in [1.807, 2.05) is 6.08 Å². The Morgan fingerprint density at radius 2 is 0.511 bits per heavy atom. The highest BCUT2D eigenvalue weighted by Gasteiger charge is 2.18. The predicted molar refractivity (Wildman–Crippen MR) is 398 cm³/mol. The summed E-state index contributed by atoms with van der Waals surface area (Å²) in [6, 6.07) is -0.624. The summed E-state index contributed by atoms with van der Waals surface area (Å²) in [5, 5.41) is 23.3. The average molecular weight is 1270 g/mol. The number of allylic oxidation sites excluding steroid dienone is 1. The third-order valence-electron chi connectivity index (χ3n) is 20.1. The highest BCUT2D eigenvalue weighted by Crippen LogP contribution is 2.21. The number of amides is 1. The second-order valence-corrected chi connectivity index (χ2v) is 29.2. The van der Waals surface area contributed by atoms with Gasteiger partial charge in [-0.05, 0) is 32.1 Å². The van der Waals surface area contributed by atoms with Crippen molar-refractivity contribution in [2.45, 2.75) is 501 Å². The van der Waals surface area contributed by atoms with E-state index in [0.29, 0.717) is 19.4 Å². The Hall–Kier alpha value is -1.40. The first-order valence-corrected chi connectivity index (χ1v) is 42.0. The second-order valence-electron chi connectivity index (χ2n) is 29.2. The van der Waals surface area contributed by atoms with Gasteiger partial charge in [0.1, 0.15) is 0 Å². The van der Waals surface area contributed by atoms with Crippen LogP contribution < -0.4 is 5.32 Å². The number of aliphatic hydroxyl groups excluding tert-OH is 2. The fraction of sp³-hybridized carbons (Fsp3) is 0.952. The van der Waals surface area contributed by atoms with Gasteiger partial charge in [0.2, 0.25) is 5.91 Å². The quantitative estimate of drug-likeness (QED) is 0.0320. The zero-order valence-corrected chi connectivity index (χ0v) is 61.7. The smallest absolute Gasteiger partial charge is 0.305 e. The Kier molecular flexibility index (Phi) is 78.8. The molecule has 6 heteroatoms. The minimum Gasteiger partial charge on any atom is -0.466 e. The number of hydrogen-bond donors (Lipinski definition) is 3. The average Bonchev–Trinajstić information content (AvgIpc) is 3.62. The molecule has 0 aliphatic rings. The molecule has 0 saturated carbocycles. The molecule has 0 heterocycles. The molecule has 0 aliphatic heterocycles. The molecule has 0 saturated heterocycles. The van der Waals surface area contributed by atoms with E-state index in [4.69, 9.17) is 4.74 Å². The molecule has 0 rings (SSSR count). The molecular formula is C84H165NO5. The Bertz CT molecular complexity index is 1370. The van der Waals surface area contributed by atoms with Crippen molar-refractivity contribution >= 4 is 11.9 Å². The van der Waals surface area contributed by atoms with Crippen LogP contribution in [0.3, 0.4) is 0 Å². The molecule has 0 bridgehead atoms. The molecule has 6 nitrogen and oxygen atoms in total. The number of carbonyl (C=O) groups is 2. The first-order valence-electron chi connectivity index (χ1n) is 42.0. The molecule has 0 aromatic heterocycles. The van der Waals surface area contributed by atoms with E-state index in [1.54, 1.807) is 6.08 Å². The van der Waals surface area contributed by atoms with Gasteiger partial charge in [-0.15, -0.1) is 0 Å². The Morgan fingerprint density at radius 1 is 0.300 bits per heavy atom. The van der Waals surface area contributed by atoms with Crippen LogP contribution in [-0.4, -0.2) is 47.4 Å². The maximum atomic E-state index is 12.6. The molecule has 0 aromatic carbocycles. The molecule has 1 amide bonds. The first kappa shape index (κ1) is 88.6. The summed E-state index contributed by atoms with van der Waals surface area (Å²) < 4.78 is 5.49. The lowest BCUT2D eigenvalue weighted by Gasteiger charge is -2.20. The van der Waals surface area contributed by atoms with Gasteiger partial charge in [0.05, 0.1) is 25.4 Å². The number of nitrogens with one attached hydrogen (secondary N) is 1. The predicted octanol–water partition coefficient (Wildman–Crippen LogP) is 27.8.